The molecule has 28 heavy (non-hydrogen) atoms. The Hall–Kier alpha value is -1.84. The third-order valence-electron chi connectivity index (χ3n) is 5.44. The fourth-order valence-electron chi connectivity index (χ4n) is 3.72. The Balaban J connectivity index is 1.75. The average Bonchev–Trinajstić information content (AvgIpc) is 3.06. The summed E-state index contributed by atoms with van der Waals surface area (Å²) >= 11 is 0. The standard InChI is InChI=1S/C24H36O4/c1-3-5-7-9-11-13-23(25)27-20-16-14-19(15-17-20)22-18-21(28-24(22)26)12-10-8-6-4-2/h14-17,21-22H,3-13,18H2,1-2H3/t21-,22-/m1/s1. The highest BCUT2D eigenvalue weighted by atomic mass is 16.6. The number of hydrogen-bond donors (Lipinski definition) is 0. The molecule has 4 nitrogen and oxygen atoms in total. The molecule has 4 heteroatoms. The van der Waals surface area contributed by atoms with E-state index in [0.717, 1.165) is 37.7 Å². The second kappa shape index (κ2) is 12.6. The van der Waals surface area contributed by atoms with Crippen LogP contribution in [0.25, 0.3) is 0 Å². The van der Waals surface area contributed by atoms with Crippen molar-refractivity contribution in [3.63, 3.8) is 0 Å². The van der Waals surface area contributed by atoms with Crippen LogP contribution >= 0.6 is 0 Å². The third-order valence-corrected chi connectivity index (χ3v) is 5.44. The first-order valence-electron chi connectivity index (χ1n) is 11.1. The first-order chi connectivity index (χ1) is 13.6. The Kier molecular flexibility index (Phi) is 10.1. The minimum Gasteiger partial charge on any atom is -0.462 e. The zero-order chi connectivity index (χ0) is 20.2. The normalized spacial score (nSPS) is 18.9. The maximum Gasteiger partial charge on any atom is 0.313 e. The van der Waals surface area contributed by atoms with Crippen molar-refractivity contribution in [1.82, 2.24) is 0 Å². The Morgan fingerprint density at radius 3 is 2.29 bits per heavy atom. The highest BCUT2D eigenvalue weighted by Gasteiger charge is 2.35. The van der Waals surface area contributed by atoms with E-state index in [9.17, 15) is 9.59 Å². The number of carbonyl (C=O) groups is 2. The molecule has 0 radical (unpaired) electrons. The predicted molar refractivity (Wildman–Crippen MR) is 111 cm³/mol. The molecule has 0 amide bonds. The zero-order valence-corrected chi connectivity index (χ0v) is 17.6. The van der Waals surface area contributed by atoms with Gasteiger partial charge in [-0.15, -0.1) is 0 Å². The Morgan fingerprint density at radius 1 is 0.964 bits per heavy atom. The molecule has 0 unspecified atom stereocenters. The lowest BCUT2D eigenvalue weighted by Crippen LogP contribution is -2.08. The van der Waals surface area contributed by atoms with Crippen LogP contribution in [0.5, 0.6) is 5.75 Å². The van der Waals surface area contributed by atoms with E-state index in [-0.39, 0.29) is 24.0 Å². The van der Waals surface area contributed by atoms with Gasteiger partial charge in [0.05, 0.1) is 5.92 Å². The van der Waals surface area contributed by atoms with Crippen LogP contribution in [0.2, 0.25) is 0 Å². The van der Waals surface area contributed by atoms with Crippen LogP contribution in [0.4, 0.5) is 0 Å². The lowest BCUT2D eigenvalue weighted by molar-refractivity contribution is -0.142. The zero-order valence-electron chi connectivity index (χ0n) is 17.6. The lowest BCUT2D eigenvalue weighted by atomic mass is 9.94. The lowest BCUT2D eigenvalue weighted by Gasteiger charge is -2.09. The smallest absolute Gasteiger partial charge is 0.313 e. The first-order valence-corrected chi connectivity index (χ1v) is 11.1. The maximum atomic E-state index is 12.2. The van der Waals surface area contributed by atoms with Crippen LogP contribution in [0.15, 0.2) is 24.3 Å². The van der Waals surface area contributed by atoms with Crippen LogP contribution in [0.3, 0.4) is 0 Å². The molecule has 2 atom stereocenters. The average molecular weight is 389 g/mol. The molecule has 0 N–H and O–H groups in total. The van der Waals surface area contributed by atoms with Crippen LogP contribution in [-0.4, -0.2) is 18.0 Å². The summed E-state index contributed by atoms with van der Waals surface area (Å²) in [6, 6.07) is 7.34. The van der Waals surface area contributed by atoms with Gasteiger partial charge in [0.1, 0.15) is 11.9 Å². The molecule has 1 fully saturated rings. The fourth-order valence-corrected chi connectivity index (χ4v) is 3.72. The van der Waals surface area contributed by atoms with Crippen molar-refractivity contribution in [2.45, 2.75) is 103 Å². The summed E-state index contributed by atoms with van der Waals surface area (Å²) in [5, 5.41) is 0. The van der Waals surface area contributed by atoms with Gasteiger partial charge in [-0.2, -0.15) is 0 Å². The molecule has 1 heterocycles. The number of esters is 2. The maximum absolute atomic E-state index is 12.2. The summed E-state index contributed by atoms with van der Waals surface area (Å²) < 4.78 is 11.0. The van der Waals surface area contributed by atoms with Gasteiger partial charge in [-0.1, -0.05) is 70.9 Å². The van der Waals surface area contributed by atoms with Gasteiger partial charge >= 0.3 is 11.9 Å². The second-order valence-corrected chi connectivity index (χ2v) is 7.90. The summed E-state index contributed by atoms with van der Waals surface area (Å²) in [5.74, 6) is 0.0401. The molecule has 2 rings (SSSR count). The van der Waals surface area contributed by atoms with E-state index in [1.807, 2.05) is 12.1 Å². The molecule has 0 aromatic heterocycles. The number of benzene rings is 1. The summed E-state index contributed by atoms with van der Waals surface area (Å²) in [6.07, 6.45) is 12.5. The van der Waals surface area contributed by atoms with Gasteiger partial charge in [-0.3, -0.25) is 9.59 Å². The van der Waals surface area contributed by atoms with E-state index in [0.29, 0.717) is 12.2 Å². The summed E-state index contributed by atoms with van der Waals surface area (Å²) in [4.78, 5) is 24.2. The third kappa shape index (κ3) is 7.65. The molecule has 156 valence electrons. The van der Waals surface area contributed by atoms with E-state index in [4.69, 9.17) is 9.47 Å². The van der Waals surface area contributed by atoms with Crippen molar-refractivity contribution < 1.29 is 19.1 Å². The molecular formula is C24H36O4. The van der Waals surface area contributed by atoms with E-state index in [1.54, 1.807) is 12.1 Å². The number of cyclic esters (lactones) is 1. The minimum absolute atomic E-state index is 0.0413. The highest BCUT2D eigenvalue weighted by molar-refractivity contribution is 5.80. The van der Waals surface area contributed by atoms with Crippen LogP contribution < -0.4 is 4.74 Å². The largest absolute Gasteiger partial charge is 0.462 e. The molecule has 1 saturated heterocycles. The summed E-state index contributed by atoms with van der Waals surface area (Å²) in [5.41, 5.74) is 0.945. The van der Waals surface area contributed by atoms with Crippen molar-refractivity contribution in [3.05, 3.63) is 29.8 Å². The number of ether oxygens (including phenoxy) is 2. The van der Waals surface area contributed by atoms with Crippen molar-refractivity contribution in [2.24, 2.45) is 0 Å². The topological polar surface area (TPSA) is 52.6 Å². The molecule has 0 spiro atoms. The molecule has 1 aromatic carbocycles. The molecule has 1 aliphatic heterocycles. The number of carbonyl (C=O) groups excluding carboxylic acids is 2. The van der Waals surface area contributed by atoms with Gasteiger partial charge in [0.15, 0.2) is 0 Å². The fraction of sp³-hybridized carbons (Fsp3) is 0.667. The minimum atomic E-state index is -0.195. The molecule has 0 aliphatic carbocycles. The van der Waals surface area contributed by atoms with Gasteiger partial charge in [-0.25, -0.2) is 0 Å². The number of rotatable bonds is 13. The molecule has 1 aromatic rings. The van der Waals surface area contributed by atoms with Crippen molar-refractivity contribution in [1.29, 1.82) is 0 Å². The van der Waals surface area contributed by atoms with Crippen LogP contribution in [-0.2, 0) is 14.3 Å². The highest BCUT2D eigenvalue weighted by Crippen LogP contribution is 2.33. The van der Waals surface area contributed by atoms with Crippen molar-refractivity contribution in [2.75, 3.05) is 0 Å². The summed E-state index contributed by atoms with van der Waals surface area (Å²) in [6.45, 7) is 4.37. The van der Waals surface area contributed by atoms with E-state index in [1.165, 1.54) is 38.5 Å². The molecular weight excluding hydrogens is 352 g/mol. The monoisotopic (exact) mass is 388 g/mol. The van der Waals surface area contributed by atoms with Gasteiger partial charge in [-0.05, 0) is 37.0 Å². The Bertz CT molecular complexity index is 593. The molecule has 1 aliphatic rings. The molecule has 0 saturated carbocycles. The van der Waals surface area contributed by atoms with Crippen LogP contribution in [0, 0.1) is 0 Å². The van der Waals surface area contributed by atoms with Crippen molar-refractivity contribution >= 4 is 11.9 Å². The van der Waals surface area contributed by atoms with Gasteiger partial charge in [0, 0.05) is 12.8 Å². The van der Waals surface area contributed by atoms with E-state index < -0.39 is 0 Å². The van der Waals surface area contributed by atoms with E-state index in [2.05, 4.69) is 13.8 Å². The Morgan fingerprint density at radius 2 is 1.61 bits per heavy atom. The Labute approximate surface area is 170 Å². The van der Waals surface area contributed by atoms with Gasteiger partial charge < -0.3 is 9.47 Å². The van der Waals surface area contributed by atoms with Crippen molar-refractivity contribution in [3.8, 4) is 5.75 Å². The predicted octanol–water partition coefficient (Wildman–Crippen LogP) is 6.32. The van der Waals surface area contributed by atoms with Gasteiger partial charge in [0.2, 0.25) is 0 Å². The summed E-state index contributed by atoms with van der Waals surface area (Å²) in [7, 11) is 0. The van der Waals surface area contributed by atoms with Crippen LogP contribution in [0.1, 0.15) is 102 Å². The number of unbranched alkanes of at least 4 members (excludes halogenated alkanes) is 7. The number of hydrogen-bond acceptors (Lipinski definition) is 4. The van der Waals surface area contributed by atoms with E-state index >= 15 is 0 Å². The second-order valence-electron chi connectivity index (χ2n) is 7.90. The molecule has 0 bridgehead atoms. The van der Waals surface area contributed by atoms with Gasteiger partial charge in [0.25, 0.3) is 0 Å². The first kappa shape index (κ1) is 22.4. The SMILES string of the molecule is CCCCCCCC(=O)Oc1ccc([C@H]2C[C@@H](CCCCCC)OC2=O)cc1. The quantitative estimate of drug-likeness (QED) is 0.225.